The molecule has 1 rings (SSSR count). The van der Waals surface area contributed by atoms with Crippen LogP contribution in [0.4, 0.5) is 0 Å². The largest absolute Gasteiger partial charge is 0.481 e. The Labute approximate surface area is 101 Å². The van der Waals surface area contributed by atoms with Crippen LogP contribution in [0, 0.1) is 3.57 Å². The average molecular weight is 322 g/mol. The first-order chi connectivity index (χ1) is 6.65. The van der Waals surface area contributed by atoms with E-state index < -0.39 is 5.97 Å². The summed E-state index contributed by atoms with van der Waals surface area (Å²) in [7, 11) is 0. The lowest BCUT2D eigenvalue weighted by Gasteiger charge is -2.06. The zero-order valence-electron chi connectivity index (χ0n) is 7.79. The van der Waals surface area contributed by atoms with Gasteiger partial charge in [0.2, 0.25) is 0 Å². The van der Waals surface area contributed by atoms with Gasteiger partial charge in [-0.25, -0.2) is 0 Å². The molecular formula is C10H11IO2S. The molecule has 0 unspecified atom stereocenters. The number of carboxylic acids is 1. The third kappa shape index (κ3) is 3.16. The van der Waals surface area contributed by atoms with Gasteiger partial charge in [-0.1, -0.05) is 19.1 Å². The predicted molar refractivity (Wildman–Crippen MR) is 66.9 cm³/mol. The fourth-order valence-corrected chi connectivity index (χ4v) is 2.88. The quantitative estimate of drug-likeness (QED) is 0.684. The normalized spacial score (nSPS) is 10.1. The Bertz CT molecular complexity index is 339. The molecule has 1 N–H and O–H groups in total. The van der Waals surface area contributed by atoms with Gasteiger partial charge in [-0.05, 0) is 40.0 Å². The fraction of sp³-hybridized carbons (Fsp3) is 0.300. The summed E-state index contributed by atoms with van der Waals surface area (Å²) in [6, 6.07) is 5.81. The number of benzene rings is 1. The summed E-state index contributed by atoms with van der Waals surface area (Å²) >= 11 is 3.96. The zero-order chi connectivity index (χ0) is 10.6. The Balaban J connectivity index is 2.94. The summed E-state index contributed by atoms with van der Waals surface area (Å²) in [5.41, 5.74) is 0.900. The molecule has 0 radical (unpaired) electrons. The van der Waals surface area contributed by atoms with E-state index in [4.69, 9.17) is 5.11 Å². The van der Waals surface area contributed by atoms with Crippen LogP contribution in [-0.2, 0) is 11.2 Å². The van der Waals surface area contributed by atoms with Crippen molar-refractivity contribution in [3.05, 3.63) is 27.3 Å². The van der Waals surface area contributed by atoms with Crippen LogP contribution in [0.5, 0.6) is 0 Å². The highest BCUT2D eigenvalue weighted by Gasteiger charge is 2.08. The summed E-state index contributed by atoms with van der Waals surface area (Å²) in [5.74, 6) is 0.230. The van der Waals surface area contributed by atoms with Crippen LogP contribution in [0.3, 0.4) is 0 Å². The number of carboxylic acid groups (broad SMARTS) is 1. The molecule has 0 amide bonds. The van der Waals surface area contributed by atoms with E-state index in [1.54, 1.807) is 11.8 Å². The van der Waals surface area contributed by atoms with Crippen LogP contribution in [0.1, 0.15) is 12.5 Å². The van der Waals surface area contributed by atoms with E-state index in [9.17, 15) is 4.79 Å². The smallest absolute Gasteiger partial charge is 0.307 e. The maximum atomic E-state index is 10.6. The van der Waals surface area contributed by atoms with Gasteiger partial charge < -0.3 is 5.11 Å². The highest BCUT2D eigenvalue weighted by atomic mass is 127. The molecule has 1 aromatic carbocycles. The maximum Gasteiger partial charge on any atom is 0.307 e. The Kier molecular flexibility index (Phi) is 4.74. The Morgan fingerprint density at radius 1 is 1.57 bits per heavy atom. The van der Waals surface area contributed by atoms with Gasteiger partial charge in [0.15, 0.2) is 0 Å². The maximum absolute atomic E-state index is 10.6. The molecule has 4 heteroatoms. The minimum absolute atomic E-state index is 0.108. The van der Waals surface area contributed by atoms with E-state index in [0.29, 0.717) is 0 Å². The molecule has 0 spiro atoms. The third-order valence-corrected chi connectivity index (χ3v) is 4.26. The summed E-state index contributed by atoms with van der Waals surface area (Å²) < 4.78 is 1.07. The number of halogens is 1. The summed E-state index contributed by atoms with van der Waals surface area (Å²) in [5, 5.41) is 8.70. The second-order valence-corrected chi connectivity index (χ2v) is 5.12. The Morgan fingerprint density at radius 3 is 2.86 bits per heavy atom. The van der Waals surface area contributed by atoms with Gasteiger partial charge in [-0.2, -0.15) is 0 Å². The summed E-state index contributed by atoms with van der Waals surface area (Å²) in [6.45, 7) is 2.09. The highest BCUT2D eigenvalue weighted by molar-refractivity contribution is 14.1. The second-order valence-electron chi connectivity index (χ2n) is 2.73. The first-order valence-corrected chi connectivity index (χ1v) is 6.33. The first kappa shape index (κ1) is 11.8. The molecule has 1 aromatic rings. The standard InChI is InChI=1S/C10H11IO2S/c1-2-14-8-5-3-4-7(10(8)11)6-9(12)13/h3-5H,2,6H2,1H3,(H,12,13). The number of hydrogen-bond donors (Lipinski definition) is 1. The molecule has 0 heterocycles. The minimum Gasteiger partial charge on any atom is -0.481 e. The molecule has 0 fully saturated rings. The molecule has 0 aliphatic rings. The Hall–Kier alpha value is -0.230. The first-order valence-electron chi connectivity index (χ1n) is 4.27. The van der Waals surface area contributed by atoms with Crippen LogP contribution in [0.15, 0.2) is 23.1 Å². The SMILES string of the molecule is CCSc1cccc(CC(=O)O)c1I. The van der Waals surface area contributed by atoms with Crippen molar-refractivity contribution in [3.63, 3.8) is 0 Å². The molecule has 0 aliphatic carbocycles. The van der Waals surface area contributed by atoms with Crippen molar-refractivity contribution in [2.24, 2.45) is 0 Å². The Morgan fingerprint density at radius 2 is 2.29 bits per heavy atom. The average Bonchev–Trinajstić information content (AvgIpc) is 2.11. The van der Waals surface area contributed by atoms with Gasteiger partial charge in [0.05, 0.1) is 6.42 Å². The van der Waals surface area contributed by atoms with Crippen molar-refractivity contribution in [2.45, 2.75) is 18.2 Å². The van der Waals surface area contributed by atoms with Crippen molar-refractivity contribution in [3.8, 4) is 0 Å². The van der Waals surface area contributed by atoms with Crippen LogP contribution < -0.4 is 0 Å². The van der Waals surface area contributed by atoms with Crippen molar-refractivity contribution >= 4 is 40.3 Å². The van der Waals surface area contributed by atoms with Gasteiger partial charge in [-0.15, -0.1) is 11.8 Å². The van der Waals surface area contributed by atoms with Crippen LogP contribution >= 0.6 is 34.4 Å². The van der Waals surface area contributed by atoms with E-state index >= 15 is 0 Å². The van der Waals surface area contributed by atoms with Gasteiger partial charge in [0, 0.05) is 8.47 Å². The summed E-state index contributed by atoms with van der Waals surface area (Å²) in [4.78, 5) is 11.8. The van der Waals surface area contributed by atoms with Gasteiger partial charge in [-0.3, -0.25) is 4.79 Å². The molecule has 0 aromatic heterocycles. The molecule has 14 heavy (non-hydrogen) atoms. The molecule has 0 atom stereocenters. The third-order valence-electron chi connectivity index (χ3n) is 1.68. The van der Waals surface area contributed by atoms with Gasteiger partial charge in [0.1, 0.15) is 0 Å². The van der Waals surface area contributed by atoms with Crippen molar-refractivity contribution in [1.82, 2.24) is 0 Å². The number of carbonyl (C=O) groups is 1. The molecule has 0 saturated heterocycles. The molecule has 0 aliphatic heterocycles. The van der Waals surface area contributed by atoms with Gasteiger partial charge >= 0.3 is 5.97 Å². The minimum atomic E-state index is -0.776. The van der Waals surface area contributed by atoms with E-state index in [-0.39, 0.29) is 6.42 Å². The van der Waals surface area contributed by atoms with E-state index in [1.165, 1.54) is 4.90 Å². The monoisotopic (exact) mass is 322 g/mol. The molecule has 0 bridgehead atoms. The number of hydrogen-bond acceptors (Lipinski definition) is 2. The topological polar surface area (TPSA) is 37.3 Å². The van der Waals surface area contributed by atoms with E-state index in [1.807, 2.05) is 18.2 Å². The number of aliphatic carboxylic acids is 1. The lowest BCUT2D eigenvalue weighted by molar-refractivity contribution is -0.136. The summed E-state index contributed by atoms with van der Waals surface area (Å²) in [6.07, 6.45) is 0.108. The predicted octanol–water partition coefficient (Wildman–Crippen LogP) is 3.03. The van der Waals surface area contributed by atoms with Crippen LogP contribution in [-0.4, -0.2) is 16.8 Å². The van der Waals surface area contributed by atoms with Crippen molar-refractivity contribution in [2.75, 3.05) is 5.75 Å². The molecule has 0 saturated carbocycles. The second kappa shape index (κ2) is 5.60. The van der Waals surface area contributed by atoms with Gasteiger partial charge in [0.25, 0.3) is 0 Å². The highest BCUT2D eigenvalue weighted by Crippen LogP contribution is 2.27. The van der Waals surface area contributed by atoms with Crippen molar-refractivity contribution < 1.29 is 9.90 Å². The number of thioether (sulfide) groups is 1. The zero-order valence-corrected chi connectivity index (χ0v) is 10.8. The fourth-order valence-electron chi connectivity index (χ4n) is 1.12. The molecule has 76 valence electrons. The molecular weight excluding hydrogens is 311 g/mol. The number of rotatable bonds is 4. The van der Waals surface area contributed by atoms with Crippen LogP contribution in [0.25, 0.3) is 0 Å². The van der Waals surface area contributed by atoms with Crippen LogP contribution in [0.2, 0.25) is 0 Å². The van der Waals surface area contributed by atoms with Crippen molar-refractivity contribution in [1.29, 1.82) is 0 Å². The molecule has 2 nitrogen and oxygen atoms in total. The van der Waals surface area contributed by atoms with E-state index in [2.05, 4.69) is 29.5 Å². The lowest BCUT2D eigenvalue weighted by Crippen LogP contribution is -2.02. The lowest BCUT2D eigenvalue weighted by atomic mass is 10.2. The van der Waals surface area contributed by atoms with E-state index in [0.717, 1.165) is 14.9 Å².